The van der Waals surface area contributed by atoms with Crippen LogP contribution in [0.5, 0.6) is 0 Å². The number of hydrogen-bond acceptors (Lipinski definition) is 2. The topological polar surface area (TPSA) is 40.9 Å². The lowest BCUT2D eigenvalue weighted by Crippen LogP contribution is -2.50. The summed E-state index contributed by atoms with van der Waals surface area (Å²) in [5, 5.41) is 9.74. The molecule has 0 aromatic heterocycles. The molecule has 0 heterocycles. The van der Waals surface area contributed by atoms with E-state index in [4.69, 9.17) is 0 Å². The number of hydrogen-bond donors (Lipinski definition) is 0. The Kier molecular flexibility index (Phi) is 4.10. The quantitative estimate of drug-likeness (QED) is 0.691. The molecule has 4 aliphatic carbocycles. The van der Waals surface area contributed by atoms with Gasteiger partial charge in [-0.1, -0.05) is 25.8 Å². The van der Waals surface area contributed by atoms with Crippen molar-refractivity contribution in [3.8, 4) is 6.07 Å². The van der Waals surface area contributed by atoms with Crippen LogP contribution in [0.15, 0.2) is 11.6 Å². The number of nitriles is 1. The van der Waals surface area contributed by atoms with Crippen molar-refractivity contribution in [1.29, 1.82) is 5.26 Å². The summed E-state index contributed by atoms with van der Waals surface area (Å²) in [5.41, 5.74) is 1.79. The highest BCUT2D eigenvalue weighted by Crippen LogP contribution is 2.66. The number of carbonyl (C=O) groups excluding carboxylic acids is 1. The summed E-state index contributed by atoms with van der Waals surface area (Å²) in [7, 11) is 0. The van der Waals surface area contributed by atoms with Gasteiger partial charge in [-0.05, 0) is 86.0 Å². The van der Waals surface area contributed by atoms with Crippen molar-refractivity contribution in [3.05, 3.63) is 11.6 Å². The largest absolute Gasteiger partial charge is 0.295 e. The minimum Gasteiger partial charge on any atom is -0.295 e. The van der Waals surface area contributed by atoms with Gasteiger partial charge in [0.25, 0.3) is 0 Å². The molecule has 7 atom stereocenters. The molecule has 3 saturated carbocycles. The van der Waals surface area contributed by atoms with Crippen molar-refractivity contribution in [2.45, 2.75) is 71.6 Å². The molecule has 0 aromatic rings. The Labute approximate surface area is 146 Å². The molecule has 130 valence electrons. The van der Waals surface area contributed by atoms with Gasteiger partial charge in [0.2, 0.25) is 0 Å². The van der Waals surface area contributed by atoms with Crippen molar-refractivity contribution in [2.75, 3.05) is 0 Å². The first-order valence-electron chi connectivity index (χ1n) is 10.3. The second-order valence-electron chi connectivity index (χ2n) is 8.94. The Morgan fingerprint density at radius 1 is 1.25 bits per heavy atom. The third-order valence-electron chi connectivity index (χ3n) is 8.52. The zero-order valence-corrected chi connectivity index (χ0v) is 15.3. The Balaban J connectivity index is 1.71. The molecule has 0 N–H and O–H groups in total. The standard InChI is InChI=1S/C22H31NO/c1-3-14-11-15-12-17(24)6-7-18(15)19-9-10-22(4-2)16(13-23)5-8-20(22)21(14)19/h12,14,16,18-21H,3-11H2,1-2H3/t14-,16-,18+,19-,20+,21-,22-/m1/s1. The lowest BCUT2D eigenvalue weighted by Gasteiger charge is -2.57. The summed E-state index contributed by atoms with van der Waals surface area (Å²) in [6, 6.07) is 2.69. The molecule has 0 amide bonds. The summed E-state index contributed by atoms with van der Waals surface area (Å²) in [6.45, 7) is 4.67. The van der Waals surface area contributed by atoms with E-state index in [1.807, 2.05) is 6.08 Å². The van der Waals surface area contributed by atoms with Crippen LogP contribution >= 0.6 is 0 Å². The Bertz CT molecular complexity index is 600. The highest BCUT2D eigenvalue weighted by molar-refractivity contribution is 5.91. The first-order valence-corrected chi connectivity index (χ1v) is 10.3. The van der Waals surface area contributed by atoms with Gasteiger partial charge in [0.15, 0.2) is 5.78 Å². The number of nitrogens with zero attached hydrogens (tertiary/aromatic N) is 1. The van der Waals surface area contributed by atoms with Crippen molar-refractivity contribution < 1.29 is 4.79 Å². The minimum atomic E-state index is 0.288. The second kappa shape index (κ2) is 6.01. The summed E-state index contributed by atoms with van der Waals surface area (Å²) < 4.78 is 0. The summed E-state index contributed by atoms with van der Waals surface area (Å²) in [5.74, 6) is 4.40. The van der Waals surface area contributed by atoms with Gasteiger partial charge in [-0.15, -0.1) is 0 Å². The van der Waals surface area contributed by atoms with Gasteiger partial charge in [0.1, 0.15) is 0 Å². The summed E-state index contributed by atoms with van der Waals surface area (Å²) >= 11 is 0. The average molecular weight is 325 g/mol. The molecule has 4 rings (SSSR count). The van der Waals surface area contributed by atoms with Gasteiger partial charge in [-0.3, -0.25) is 4.79 Å². The lowest BCUT2D eigenvalue weighted by molar-refractivity contribution is -0.116. The smallest absolute Gasteiger partial charge is 0.155 e. The Morgan fingerprint density at radius 2 is 2.08 bits per heavy atom. The molecule has 0 aliphatic heterocycles. The number of carbonyl (C=O) groups is 1. The van der Waals surface area contributed by atoms with E-state index >= 15 is 0 Å². The molecular formula is C22H31NO. The number of rotatable bonds is 2. The van der Waals surface area contributed by atoms with Gasteiger partial charge >= 0.3 is 0 Å². The molecule has 2 heteroatoms. The fourth-order valence-corrected chi connectivity index (χ4v) is 7.49. The first kappa shape index (κ1) is 16.4. The molecule has 0 bridgehead atoms. The van der Waals surface area contributed by atoms with E-state index in [-0.39, 0.29) is 5.92 Å². The van der Waals surface area contributed by atoms with Crippen LogP contribution in [0, 0.1) is 52.3 Å². The maximum atomic E-state index is 11.9. The van der Waals surface area contributed by atoms with E-state index in [1.165, 1.54) is 37.7 Å². The van der Waals surface area contributed by atoms with Crippen LogP contribution in [-0.2, 0) is 4.79 Å². The van der Waals surface area contributed by atoms with E-state index < -0.39 is 0 Å². The molecule has 0 spiro atoms. The van der Waals surface area contributed by atoms with Crippen LogP contribution in [0.1, 0.15) is 71.6 Å². The third kappa shape index (κ3) is 2.16. The van der Waals surface area contributed by atoms with Gasteiger partial charge in [0.05, 0.1) is 12.0 Å². The van der Waals surface area contributed by atoms with E-state index in [2.05, 4.69) is 19.9 Å². The average Bonchev–Trinajstić information content (AvgIpc) is 2.99. The highest BCUT2D eigenvalue weighted by Gasteiger charge is 2.59. The van der Waals surface area contributed by atoms with Gasteiger partial charge in [-0.25, -0.2) is 0 Å². The fourth-order valence-electron chi connectivity index (χ4n) is 7.49. The van der Waals surface area contributed by atoms with Gasteiger partial charge in [-0.2, -0.15) is 5.26 Å². The number of fused-ring (bicyclic) bond motifs is 5. The molecule has 0 saturated heterocycles. The van der Waals surface area contributed by atoms with Gasteiger partial charge < -0.3 is 0 Å². The van der Waals surface area contributed by atoms with Crippen molar-refractivity contribution in [3.63, 3.8) is 0 Å². The number of allylic oxidation sites excluding steroid dienone is 1. The maximum Gasteiger partial charge on any atom is 0.155 e. The molecule has 2 nitrogen and oxygen atoms in total. The SMILES string of the molecule is CC[C@@H]1CC2=CC(=O)CC[C@@H]2[C@H]2CC[C@]3(CC)[C@@H](C#N)CC[C@H]3[C@H]12. The van der Waals surface area contributed by atoms with Crippen LogP contribution in [-0.4, -0.2) is 5.78 Å². The van der Waals surface area contributed by atoms with E-state index in [0.717, 1.165) is 49.4 Å². The normalized spacial score (nSPS) is 47.2. The zero-order chi connectivity index (χ0) is 16.9. The Hall–Kier alpha value is -1.10. The summed E-state index contributed by atoms with van der Waals surface area (Å²) in [4.78, 5) is 11.9. The van der Waals surface area contributed by atoms with Crippen LogP contribution < -0.4 is 0 Å². The van der Waals surface area contributed by atoms with Crippen molar-refractivity contribution >= 4 is 5.78 Å². The molecule has 3 fully saturated rings. The molecule has 4 aliphatic rings. The molecule has 0 unspecified atom stereocenters. The molecular weight excluding hydrogens is 294 g/mol. The van der Waals surface area contributed by atoms with Crippen LogP contribution in [0.2, 0.25) is 0 Å². The predicted molar refractivity (Wildman–Crippen MR) is 95.0 cm³/mol. The Morgan fingerprint density at radius 3 is 2.79 bits per heavy atom. The lowest BCUT2D eigenvalue weighted by atomic mass is 9.47. The third-order valence-corrected chi connectivity index (χ3v) is 8.52. The van der Waals surface area contributed by atoms with Crippen molar-refractivity contribution in [2.24, 2.45) is 40.9 Å². The monoisotopic (exact) mass is 325 g/mol. The van der Waals surface area contributed by atoms with Crippen LogP contribution in [0.4, 0.5) is 0 Å². The molecule has 0 aromatic carbocycles. The van der Waals surface area contributed by atoms with Crippen LogP contribution in [0.25, 0.3) is 0 Å². The fraction of sp³-hybridized carbons (Fsp3) is 0.818. The van der Waals surface area contributed by atoms with E-state index in [0.29, 0.717) is 17.1 Å². The van der Waals surface area contributed by atoms with Gasteiger partial charge in [0, 0.05) is 6.42 Å². The zero-order valence-electron chi connectivity index (χ0n) is 15.3. The first-order chi connectivity index (χ1) is 11.6. The highest BCUT2D eigenvalue weighted by atomic mass is 16.1. The second-order valence-corrected chi connectivity index (χ2v) is 8.94. The summed E-state index contributed by atoms with van der Waals surface area (Å²) in [6.07, 6.45) is 12.4. The van der Waals surface area contributed by atoms with E-state index in [1.54, 1.807) is 0 Å². The molecule has 0 radical (unpaired) electrons. The van der Waals surface area contributed by atoms with Crippen LogP contribution in [0.3, 0.4) is 0 Å². The molecule has 24 heavy (non-hydrogen) atoms. The van der Waals surface area contributed by atoms with E-state index in [9.17, 15) is 10.1 Å². The predicted octanol–water partition coefficient (Wildman–Crippen LogP) is 5.29. The maximum absolute atomic E-state index is 11.9. The minimum absolute atomic E-state index is 0.288. The number of ketones is 1. The van der Waals surface area contributed by atoms with Crippen molar-refractivity contribution in [1.82, 2.24) is 0 Å².